The summed E-state index contributed by atoms with van der Waals surface area (Å²) in [5.41, 5.74) is 1.57. The molecule has 0 spiro atoms. The van der Waals surface area contributed by atoms with Crippen LogP contribution in [0.25, 0.3) is 0 Å². The number of carbonyl (C=O) groups excluding carboxylic acids is 2. The number of benzene rings is 2. The first kappa shape index (κ1) is 16.0. The van der Waals surface area contributed by atoms with Crippen LogP contribution in [0.4, 0.5) is 5.69 Å². The summed E-state index contributed by atoms with van der Waals surface area (Å²) in [6, 6.07) is 11.7. The number of hydrogen-bond donors (Lipinski definition) is 2. The van der Waals surface area contributed by atoms with E-state index in [-0.39, 0.29) is 11.3 Å². The first-order valence-electron chi connectivity index (χ1n) is 6.48. The molecule has 2 N–H and O–H groups in total. The predicted octanol–water partition coefficient (Wildman–Crippen LogP) is 3.26. The Balaban J connectivity index is 1.95. The molecule has 0 saturated carbocycles. The van der Waals surface area contributed by atoms with Crippen LogP contribution in [0, 0.1) is 6.92 Å². The number of para-hydroxylation sites is 1. The van der Waals surface area contributed by atoms with Crippen molar-refractivity contribution >= 4 is 33.5 Å². The van der Waals surface area contributed by atoms with Crippen LogP contribution in [-0.4, -0.2) is 23.6 Å². The molecule has 0 aliphatic heterocycles. The van der Waals surface area contributed by atoms with Gasteiger partial charge in [0, 0.05) is 10.2 Å². The summed E-state index contributed by atoms with van der Waals surface area (Å²) in [6.45, 7) is 1.43. The van der Waals surface area contributed by atoms with E-state index in [9.17, 15) is 14.7 Å². The maximum absolute atomic E-state index is 11.9. The SMILES string of the molecule is Cc1ccccc1NC(=O)COC(=O)c1cc(Br)ccc1O. The van der Waals surface area contributed by atoms with Gasteiger partial charge in [-0.2, -0.15) is 0 Å². The number of rotatable bonds is 4. The summed E-state index contributed by atoms with van der Waals surface area (Å²) in [6.07, 6.45) is 0. The van der Waals surface area contributed by atoms with E-state index in [1.165, 1.54) is 12.1 Å². The van der Waals surface area contributed by atoms with E-state index in [2.05, 4.69) is 21.2 Å². The van der Waals surface area contributed by atoms with Crippen molar-refractivity contribution < 1.29 is 19.4 Å². The Morgan fingerprint density at radius 1 is 1.23 bits per heavy atom. The van der Waals surface area contributed by atoms with Crippen molar-refractivity contribution in [1.82, 2.24) is 0 Å². The van der Waals surface area contributed by atoms with Crippen LogP contribution >= 0.6 is 15.9 Å². The van der Waals surface area contributed by atoms with Gasteiger partial charge in [0.05, 0.1) is 0 Å². The molecule has 22 heavy (non-hydrogen) atoms. The Morgan fingerprint density at radius 3 is 2.68 bits per heavy atom. The minimum Gasteiger partial charge on any atom is -0.507 e. The third-order valence-electron chi connectivity index (χ3n) is 2.93. The number of carbonyl (C=O) groups is 2. The van der Waals surface area contributed by atoms with Crippen molar-refractivity contribution in [2.75, 3.05) is 11.9 Å². The molecule has 5 nitrogen and oxygen atoms in total. The van der Waals surface area contributed by atoms with Gasteiger partial charge in [0.2, 0.25) is 0 Å². The van der Waals surface area contributed by atoms with Gasteiger partial charge in [-0.1, -0.05) is 34.1 Å². The highest BCUT2D eigenvalue weighted by Crippen LogP contribution is 2.22. The second kappa shape index (κ2) is 7.09. The molecular formula is C16H14BrNO4. The number of halogens is 1. The lowest BCUT2D eigenvalue weighted by Gasteiger charge is -2.09. The van der Waals surface area contributed by atoms with Crippen LogP contribution < -0.4 is 5.32 Å². The lowest BCUT2D eigenvalue weighted by atomic mass is 10.2. The standard InChI is InChI=1S/C16H14BrNO4/c1-10-4-2-3-5-13(10)18-15(20)9-22-16(21)12-8-11(17)6-7-14(12)19/h2-8,19H,9H2,1H3,(H,18,20). The number of amides is 1. The fourth-order valence-corrected chi connectivity index (χ4v) is 2.14. The number of aromatic hydroxyl groups is 1. The van der Waals surface area contributed by atoms with E-state index in [1.807, 2.05) is 19.1 Å². The number of esters is 1. The summed E-state index contributed by atoms with van der Waals surface area (Å²) in [7, 11) is 0. The van der Waals surface area contributed by atoms with Gasteiger partial charge < -0.3 is 15.2 Å². The molecule has 0 aromatic heterocycles. The molecule has 2 aromatic rings. The zero-order valence-corrected chi connectivity index (χ0v) is 13.4. The molecule has 0 heterocycles. The molecule has 0 saturated heterocycles. The lowest BCUT2D eigenvalue weighted by molar-refractivity contribution is -0.119. The van der Waals surface area contributed by atoms with Crippen molar-refractivity contribution in [2.24, 2.45) is 0 Å². The molecule has 0 aliphatic carbocycles. The zero-order valence-electron chi connectivity index (χ0n) is 11.8. The largest absolute Gasteiger partial charge is 0.507 e. The molecule has 0 unspecified atom stereocenters. The van der Waals surface area contributed by atoms with E-state index in [1.54, 1.807) is 18.2 Å². The highest BCUT2D eigenvalue weighted by Gasteiger charge is 2.15. The smallest absolute Gasteiger partial charge is 0.342 e. The molecule has 0 atom stereocenters. The van der Waals surface area contributed by atoms with Crippen LogP contribution in [0.3, 0.4) is 0 Å². The van der Waals surface area contributed by atoms with Crippen LogP contribution in [0.1, 0.15) is 15.9 Å². The van der Waals surface area contributed by atoms with Crippen LogP contribution in [0.15, 0.2) is 46.9 Å². The molecule has 0 bridgehead atoms. The quantitative estimate of drug-likeness (QED) is 0.817. The van der Waals surface area contributed by atoms with Crippen LogP contribution in [0.5, 0.6) is 5.75 Å². The van der Waals surface area contributed by atoms with E-state index in [0.717, 1.165) is 5.56 Å². The molecule has 2 aromatic carbocycles. The van der Waals surface area contributed by atoms with E-state index >= 15 is 0 Å². The van der Waals surface area contributed by atoms with E-state index < -0.39 is 18.5 Å². The zero-order chi connectivity index (χ0) is 16.1. The monoisotopic (exact) mass is 363 g/mol. The Hall–Kier alpha value is -2.34. The molecule has 0 radical (unpaired) electrons. The molecule has 6 heteroatoms. The molecule has 0 aliphatic rings. The summed E-state index contributed by atoms with van der Waals surface area (Å²) >= 11 is 3.20. The van der Waals surface area contributed by atoms with Crippen molar-refractivity contribution in [1.29, 1.82) is 0 Å². The van der Waals surface area contributed by atoms with Crippen LogP contribution in [0.2, 0.25) is 0 Å². The van der Waals surface area contributed by atoms with Crippen molar-refractivity contribution in [3.8, 4) is 5.75 Å². The van der Waals surface area contributed by atoms with Gasteiger partial charge >= 0.3 is 5.97 Å². The second-order valence-electron chi connectivity index (χ2n) is 4.60. The van der Waals surface area contributed by atoms with E-state index in [0.29, 0.717) is 10.2 Å². The average Bonchev–Trinajstić information content (AvgIpc) is 2.49. The Morgan fingerprint density at radius 2 is 1.95 bits per heavy atom. The lowest BCUT2D eigenvalue weighted by Crippen LogP contribution is -2.21. The number of ether oxygens (including phenoxy) is 1. The molecule has 1 amide bonds. The molecule has 2 rings (SSSR count). The van der Waals surface area contributed by atoms with Crippen LogP contribution in [-0.2, 0) is 9.53 Å². The van der Waals surface area contributed by atoms with E-state index in [4.69, 9.17) is 4.74 Å². The van der Waals surface area contributed by atoms with Gasteiger partial charge in [0.15, 0.2) is 6.61 Å². The van der Waals surface area contributed by atoms with Gasteiger partial charge in [-0.3, -0.25) is 4.79 Å². The topological polar surface area (TPSA) is 75.6 Å². The third-order valence-corrected chi connectivity index (χ3v) is 3.43. The summed E-state index contributed by atoms with van der Waals surface area (Å²) in [5.74, 6) is -1.41. The predicted molar refractivity (Wildman–Crippen MR) is 85.9 cm³/mol. The normalized spacial score (nSPS) is 10.1. The Bertz CT molecular complexity index is 715. The molecule has 114 valence electrons. The van der Waals surface area contributed by atoms with Crippen molar-refractivity contribution in [2.45, 2.75) is 6.92 Å². The van der Waals surface area contributed by atoms with Gasteiger partial charge in [-0.05, 0) is 36.8 Å². The van der Waals surface area contributed by atoms with Gasteiger partial charge in [-0.25, -0.2) is 4.79 Å². The Labute approximate surface area is 136 Å². The number of phenols is 1. The van der Waals surface area contributed by atoms with Gasteiger partial charge in [-0.15, -0.1) is 0 Å². The average molecular weight is 364 g/mol. The Kier molecular flexibility index (Phi) is 5.16. The second-order valence-corrected chi connectivity index (χ2v) is 5.52. The van der Waals surface area contributed by atoms with Gasteiger partial charge in [0.25, 0.3) is 5.91 Å². The van der Waals surface area contributed by atoms with Crippen molar-refractivity contribution in [3.63, 3.8) is 0 Å². The highest BCUT2D eigenvalue weighted by molar-refractivity contribution is 9.10. The third kappa shape index (κ3) is 4.08. The number of aryl methyl sites for hydroxylation is 1. The summed E-state index contributed by atoms with van der Waals surface area (Å²) in [5, 5.41) is 12.3. The first-order valence-corrected chi connectivity index (χ1v) is 7.28. The number of nitrogens with one attached hydrogen (secondary N) is 1. The highest BCUT2D eigenvalue weighted by atomic mass is 79.9. The molecule has 0 fully saturated rings. The maximum atomic E-state index is 11.9. The van der Waals surface area contributed by atoms with Gasteiger partial charge in [0.1, 0.15) is 11.3 Å². The maximum Gasteiger partial charge on any atom is 0.342 e. The minimum absolute atomic E-state index is 0.00179. The fourth-order valence-electron chi connectivity index (χ4n) is 1.78. The first-order chi connectivity index (χ1) is 10.5. The molecular weight excluding hydrogens is 350 g/mol. The summed E-state index contributed by atoms with van der Waals surface area (Å²) < 4.78 is 5.53. The number of hydrogen-bond acceptors (Lipinski definition) is 4. The minimum atomic E-state index is -0.765. The number of phenolic OH excluding ortho intramolecular Hbond substituents is 1. The fraction of sp³-hybridized carbons (Fsp3) is 0.125. The summed E-state index contributed by atoms with van der Waals surface area (Å²) in [4.78, 5) is 23.7. The number of anilines is 1. The van der Waals surface area contributed by atoms with Crippen molar-refractivity contribution in [3.05, 3.63) is 58.1 Å².